The first-order chi connectivity index (χ1) is 10.2. The molecule has 0 nitrogen and oxygen atoms in total. The van der Waals surface area contributed by atoms with E-state index in [9.17, 15) is 4.39 Å². The molecule has 0 aromatic heterocycles. The molecule has 3 aromatic rings. The molecule has 104 valence electrons. The molecule has 0 heterocycles. The Hall–Kier alpha value is -1.93. The van der Waals surface area contributed by atoms with E-state index in [4.69, 9.17) is 0 Å². The average molecular weight is 341 g/mol. The Labute approximate surface area is 132 Å². The standard InChI is InChI=1S/C19H14BrF/c20-17-10-11-18(19(21)13-17)16-8-6-15(7-9-16)12-14-4-2-1-3-5-14/h1-11,13H,12H2. The van der Waals surface area contributed by atoms with Gasteiger partial charge in [0.05, 0.1) is 0 Å². The van der Waals surface area contributed by atoms with Crippen molar-refractivity contribution >= 4 is 15.9 Å². The Balaban J connectivity index is 1.84. The molecule has 0 spiro atoms. The van der Waals surface area contributed by atoms with Crippen molar-refractivity contribution in [3.63, 3.8) is 0 Å². The predicted molar refractivity (Wildman–Crippen MR) is 88.8 cm³/mol. The summed E-state index contributed by atoms with van der Waals surface area (Å²) in [6.07, 6.45) is 0.893. The number of hydrogen-bond donors (Lipinski definition) is 0. The van der Waals surface area contributed by atoms with Crippen LogP contribution < -0.4 is 0 Å². The summed E-state index contributed by atoms with van der Waals surface area (Å²) < 4.78 is 14.7. The van der Waals surface area contributed by atoms with Crippen LogP contribution in [0.3, 0.4) is 0 Å². The third kappa shape index (κ3) is 3.40. The Morgan fingerprint density at radius 2 is 1.43 bits per heavy atom. The maximum Gasteiger partial charge on any atom is 0.132 e. The van der Waals surface area contributed by atoms with Gasteiger partial charge in [0, 0.05) is 10.0 Å². The normalized spacial score (nSPS) is 10.6. The predicted octanol–water partition coefficient (Wildman–Crippen LogP) is 5.85. The molecular weight excluding hydrogens is 327 g/mol. The van der Waals surface area contributed by atoms with Crippen LogP contribution in [0.1, 0.15) is 11.1 Å². The zero-order valence-electron chi connectivity index (χ0n) is 11.4. The summed E-state index contributed by atoms with van der Waals surface area (Å²) >= 11 is 3.28. The smallest absolute Gasteiger partial charge is 0.132 e. The first-order valence-corrected chi connectivity index (χ1v) is 7.60. The van der Waals surface area contributed by atoms with E-state index >= 15 is 0 Å². The molecule has 0 aliphatic rings. The van der Waals surface area contributed by atoms with Gasteiger partial charge in [-0.15, -0.1) is 0 Å². The minimum Gasteiger partial charge on any atom is -0.206 e. The Kier molecular flexibility index (Phi) is 4.16. The number of benzene rings is 3. The number of halogens is 2. The molecule has 3 aromatic carbocycles. The summed E-state index contributed by atoms with van der Waals surface area (Å²) in [6.45, 7) is 0. The lowest BCUT2D eigenvalue weighted by atomic mass is 10.00. The van der Waals surface area contributed by atoms with Gasteiger partial charge >= 0.3 is 0 Å². The average Bonchev–Trinajstić information content (AvgIpc) is 2.49. The van der Waals surface area contributed by atoms with E-state index in [1.807, 2.05) is 36.4 Å². The number of hydrogen-bond acceptors (Lipinski definition) is 0. The van der Waals surface area contributed by atoms with Gasteiger partial charge in [-0.25, -0.2) is 4.39 Å². The first-order valence-electron chi connectivity index (χ1n) is 6.81. The van der Waals surface area contributed by atoms with Crippen molar-refractivity contribution in [2.24, 2.45) is 0 Å². The van der Waals surface area contributed by atoms with Gasteiger partial charge in [-0.3, -0.25) is 0 Å². The van der Waals surface area contributed by atoms with Crippen molar-refractivity contribution < 1.29 is 4.39 Å². The summed E-state index contributed by atoms with van der Waals surface area (Å²) in [5.74, 6) is -0.208. The Morgan fingerprint density at radius 3 is 2.10 bits per heavy atom. The van der Waals surface area contributed by atoms with E-state index in [1.54, 1.807) is 6.07 Å². The summed E-state index contributed by atoms with van der Waals surface area (Å²) in [6, 6.07) is 23.5. The maximum atomic E-state index is 14.0. The van der Waals surface area contributed by atoms with Gasteiger partial charge in [0.1, 0.15) is 5.82 Å². The van der Waals surface area contributed by atoms with Crippen molar-refractivity contribution in [2.45, 2.75) is 6.42 Å². The lowest BCUT2D eigenvalue weighted by molar-refractivity contribution is 0.630. The molecule has 0 aliphatic heterocycles. The van der Waals surface area contributed by atoms with E-state index in [-0.39, 0.29) is 5.82 Å². The summed E-state index contributed by atoms with van der Waals surface area (Å²) in [7, 11) is 0. The second kappa shape index (κ2) is 6.23. The SMILES string of the molecule is Fc1cc(Br)ccc1-c1ccc(Cc2ccccc2)cc1. The monoisotopic (exact) mass is 340 g/mol. The first kappa shape index (κ1) is 14.0. The molecule has 0 amide bonds. The molecule has 0 saturated heterocycles. The van der Waals surface area contributed by atoms with Crippen molar-refractivity contribution in [1.29, 1.82) is 0 Å². The van der Waals surface area contributed by atoms with Crippen LogP contribution in [0.15, 0.2) is 77.3 Å². The largest absolute Gasteiger partial charge is 0.206 e. The molecule has 0 N–H and O–H groups in total. The van der Waals surface area contributed by atoms with Gasteiger partial charge in [0.25, 0.3) is 0 Å². The van der Waals surface area contributed by atoms with E-state index in [1.165, 1.54) is 17.2 Å². The molecule has 0 atom stereocenters. The van der Waals surface area contributed by atoms with Crippen LogP contribution in [0.2, 0.25) is 0 Å². The minimum atomic E-state index is -0.208. The van der Waals surface area contributed by atoms with Gasteiger partial charge < -0.3 is 0 Å². The van der Waals surface area contributed by atoms with Gasteiger partial charge in [-0.1, -0.05) is 76.6 Å². The quantitative estimate of drug-likeness (QED) is 0.561. The summed E-state index contributed by atoms with van der Waals surface area (Å²) in [4.78, 5) is 0. The molecule has 0 unspecified atom stereocenters. The van der Waals surface area contributed by atoms with Gasteiger partial charge in [0.2, 0.25) is 0 Å². The molecule has 0 saturated carbocycles. The third-order valence-corrected chi connectivity index (χ3v) is 3.94. The van der Waals surface area contributed by atoms with Crippen LogP contribution in [0.5, 0.6) is 0 Å². The Bertz CT molecular complexity index is 733. The van der Waals surface area contributed by atoms with Gasteiger partial charge in [-0.2, -0.15) is 0 Å². The van der Waals surface area contributed by atoms with E-state index in [0.717, 1.165) is 16.5 Å². The molecule has 0 aliphatic carbocycles. The van der Waals surface area contributed by atoms with Crippen LogP contribution in [-0.4, -0.2) is 0 Å². The van der Waals surface area contributed by atoms with Crippen LogP contribution in [0.25, 0.3) is 11.1 Å². The zero-order chi connectivity index (χ0) is 14.7. The lowest BCUT2D eigenvalue weighted by Gasteiger charge is -2.06. The van der Waals surface area contributed by atoms with Crippen LogP contribution in [0.4, 0.5) is 4.39 Å². The van der Waals surface area contributed by atoms with Gasteiger partial charge in [-0.05, 0) is 35.2 Å². The third-order valence-electron chi connectivity index (χ3n) is 3.45. The highest BCUT2D eigenvalue weighted by molar-refractivity contribution is 9.10. The summed E-state index contributed by atoms with van der Waals surface area (Å²) in [5, 5.41) is 0. The van der Waals surface area contributed by atoms with E-state index < -0.39 is 0 Å². The van der Waals surface area contributed by atoms with Crippen molar-refractivity contribution in [1.82, 2.24) is 0 Å². The second-order valence-electron chi connectivity index (χ2n) is 4.98. The maximum absolute atomic E-state index is 14.0. The molecule has 0 radical (unpaired) electrons. The topological polar surface area (TPSA) is 0 Å². The van der Waals surface area contributed by atoms with Crippen molar-refractivity contribution in [2.75, 3.05) is 0 Å². The molecule has 2 heteroatoms. The van der Waals surface area contributed by atoms with E-state index in [0.29, 0.717) is 5.56 Å². The Morgan fingerprint density at radius 1 is 0.762 bits per heavy atom. The van der Waals surface area contributed by atoms with Crippen LogP contribution in [-0.2, 0) is 6.42 Å². The fourth-order valence-corrected chi connectivity index (χ4v) is 2.69. The minimum absolute atomic E-state index is 0.208. The summed E-state index contributed by atoms with van der Waals surface area (Å²) in [5.41, 5.74) is 4.03. The molecule has 21 heavy (non-hydrogen) atoms. The fraction of sp³-hybridized carbons (Fsp3) is 0.0526. The fourth-order valence-electron chi connectivity index (χ4n) is 2.36. The lowest BCUT2D eigenvalue weighted by Crippen LogP contribution is -1.89. The molecule has 3 rings (SSSR count). The molecule has 0 bridgehead atoms. The highest BCUT2D eigenvalue weighted by Crippen LogP contribution is 2.26. The second-order valence-corrected chi connectivity index (χ2v) is 5.90. The highest BCUT2D eigenvalue weighted by atomic mass is 79.9. The zero-order valence-corrected chi connectivity index (χ0v) is 13.0. The van der Waals surface area contributed by atoms with Crippen LogP contribution in [0, 0.1) is 5.82 Å². The number of rotatable bonds is 3. The van der Waals surface area contributed by atoms with Crippen molar-refractivity contribution in [3.8, 4) is 11.1 Å². The van der Waals surface area contributed by atoms with E-state index in [2.05, 4.69) is 40.2 Å². The molecular formula is C19H14BrF. The van der Waals surface area contributed by atoms with Crippen LogP contribution >= 0.6 is 15.9 Å². The van der Waals surface area contributed by atoms with Gasteiger partial charge in [0.15, 0.2) is 0 Å². The highest BCUT2D eigenvalue weighted by Gasteiger charge is 2.05. The van der Waals surface area contributed by atoms with Crippen molar-refractivity contribution in [3.05, 3.63) is 94.2 Å². The molecule has 0 fully saturated rings.